The Bertz CT molecular complexity index is 477. The van der Waals surface area contributed by atoms with Crippen LogP contribution in [-0.2, 0) is 11.2 Å². The average molecular weight is 212 g/mol. The molecule has 0 unspecified atom stereocenters. The summed E-state index contributed by atoms with van der Waals surface area (Å²) >= 11 is 0. The van der Waals surface area contributed by atoms with E-state index < -0.39 is 0 Å². The molecule has 80 valence electrons. The van der Waals surface area contributed by atoms with Crippen molar-refractivity contribution >= 4 is 5.78 Å². The summed E-state index contributed by atoms with van der Waals surface area (Å²) in [4.78, 5) is 18.9. The number of Topliss-reactive ketones (excluding diaryl/α,β-unsaturated/α-hetero) is 1. The van der Waals surface area contributed by atoms with E-state index in [2.05, 4.69) is 9.97 Å². The van der Waals surface area contributed by atoms with Gasteiger partial charge in [0.25, 0.3) is 0 Å². The van der Waals surface area contributed by atoms with E-state index in [1.807, 2.05) is 24.3 Å². The summed E-state index contributed by atoms with van der Waals surface area (Å²) in [6.07, 6.45) is 5.54. The van der Waals surface area contributed by atoms with Crippen molar-refractivity contribution in [1.82, 2.24) is 9.97 Å². The average Bonchev–Trinajstić information content (AvgIpc) is 2.30. The molecule has 0 N–H and O–H groups in total. The first kappa shape index (κ1) is 10.5. The van der Waals surface area contributed by atoms with Crippen LogP contribution in [0.2, 0.25) is 0 Å². The Morgan fingerprint density at radius 2 is 1.69 bits per heavy atom. The quantitative estimate of drug-likeness (QED) is 0.783. The molecule has 0 saturated heterocycles. The first-order valence-electron chi connectivity index (χ1n) is 5.09. The van der Waals surface area contributed by atoms with Gasteiger partial charge >= 0.3 is 0 Å². The van der Waals surface area contributed by atoms with E-state index in [1.54, 1.807) is 19.3 Å². The molecular weight excluding hydrogens is 200 g/mol. The molecule has 0 aliphatic heterocycles. The molecule has 1 heterocycles. The molecule has 0 aliphatic carbocycles. The third kappa shape index (κ3) is 2.51. The fourth-order valence-corrected chi connectivity index (χ4v) is 1.55. The molecule has 0 saturated carbocycles. The van der Waals surface area contributed by atoms with E-state index in [9.17, 15) is 4.79 Å². The Labute approximate surface area is 94.2 Å². The van der Waals surface area contributed by atoms with Gasteiger partial charge in [0.1, 0.15) is 12.1 Å². The lowest BCUT2D eigenvalue weighted by atomic mass is 10.0. The van der Waals surface area contributed by atoms with Crippen LogP contribution in [-0.4, -0.2) is 15.8 Å². The number of aromatic nitrogens is 2. The lowest BCUT2D eigenvalue weighted by molar-refractivity contribution is -0.116. The summed E-state index contributed by atoms with van der Waals surface area (Å²) in [5, 5.41) is 0. The van der Waals surface area contributed by atoms with Gasteiger partial charge in [-0.2, -0.15) is 0 Å². The van der Waals surface area contributed by atoms with Crippen LogP contribution in [0.15, 0.2) is 43.0 Å². The molecular formula is C13H12N2O. The summed E-state index contributed by atoms with van der Waals surface area (Å²) in [6.45, 7) is 1.60. The second-order valence-corrected chi connectivity index (χ2v) is 3.70. The van der Waals surface area contributed by atoms with Crippen LogP contribution in [0.4, 0.5) is 0 Å². The zero-order valence-corrected chi connectivity index (χ0v) is 9.05. The number of carbonyl (C=O) groups is 1. The first-order chi connectivity index (χ1) is 7.75. The van der Waals surface area contributed by atoms with Gasteiger partial charge in [0, 0.05) is 24.4 Å². The highest BCUT2D eigenvalue weighted by atomic mass is 16.1. The molecule has 0 spiro atoms. The molecule has 0 fully saturated rings. The summed E-state index contributed by atoms with van der Waals surface area (Å²) in [7, 11) is 0. The molecule has 0 bridgehead atoms. The lowest BCUT2D eigenvalue weighted by Gasteiger charge is -2.02. The van der Waals surface area contributed by atoms with Gasteiger partial charge in [-0.25, -0.2) is 9.97 Å². The maximum atomic E-state index is 10.9. The van der Waals surface area contributed by atoms with Crippen molar-refractivity contribution in [2.24, 2.45) is 0 Å². The molecule has 1 aromatic heterocycles. The minimum atomic E-state index is 0.177. The van der Waals surface area contributed by atoms with Gasteiger partial charge in [0.15, 0.2) is 0 Å². The van der Waals surface area contributed by atoms with Gasteiger partial charge in [-0.1, -0.05) is 24.3 Å². The van der Waals surface area contributed by atoms with Crippen LogP contribution in [0, 0.1) is 0 Å². The molecule has 0 radical (unpaired) electrons. The molecule has 3 nitrogen and oxygen atoms in total. The fourth-order valence-electron chi connectivity index (χ4n) is 1.55. The maximum Gasteiger partial charge on any atom is 0.134 e. The third-order valence-corrected chi connectivity index (χ3v) is 2.30. The van der Waals surface area contributed by atoms with E-state index in [0.29, 0.717) is 6.42 Å². The zero-order chi connectivity index (χ0) is 11.4. The van der Waals surface area contributed by atoms with Gasteiger partial charge < -0.3 is 0 Å². The Kier molecular flexibility index (Phi) is 3.05. The monoisotopic (exact) mass is 212 g/mol. The molecule has 0 aliphatic rings. The number of benzene rings is 1. The van der Waals surface area contributed by atoms with Crippen LogP contribution in [0.3, 0.4) is 0 Å². The Balaban J connectivity index is 2.23. The summed E-state index contributed by atoms with van der Waals surface area (Å²) in [6, 6.07) is 7.89. The van der Waals surface area contributed by atoms with E-state index in [0.717, 1.165) is 16.7 Å². The van der Waals surface area contributed by atoms with Gasteiger partial charge in [-0.15, -0.1) is 0 Å². The minimum absolute atomic E-state index is 0.177. The molecule has 2 aromatic rings. The van der Waals surface area contributed by atoms with Gasteiger partial charge in [-0.05, 0) is 18.1 Å². The minimum Gasteiger partial charge on any atom is -0.300 e. The van der Waals surface area contributed by atoms with E-state index >= 15 is 0 Å². The number of hydrogen-bond donors (Lipinski definition) is 0. The van der Waals surface area contributed by atoms with Crippen molar-refractivity contribution in [2.75, 3.05) is 0 Å². The number of hydrogen-bond acceptors (Lipinski definition) is 3. The normalized spacial score (nSPS) is 10.1. The molecule has 0 atom stereocenters. The predicted molar refractivity (Wildman–Crippen MR) is 61.9 cm³/mol. The predicted octanol–water partition coefficient (Wildman–Crippen LogP) is 2.28. The number of ketones is 1. The van der Waals surface area contributed by atoms with Crippen molar-refractivity contribution in [3.8, 4) is 11.1 Å². The molecule has 3 heteroatoms. The van der Waals surface area contributed by atoms with Crippen molar-refractivity contribution in [2.45, 2.75) is 13.3 Å². The number of rotatable bonds is 3. The van der Waals surface area contributed by atoms with Crippen molar-refractivity contribution in [3.63, 3.8) is 0 Å². The van der Waals surface area contributed by atoms with Crippen LogP contribution in [0.5, 0.6) is 0 Å². The van der Waals surface area contributed by atoms with Crippen LogP contribution < -0.4 is 0 Å². The topological polar surface area (TPSA) is 42.9 Å². The van der Waals surface area contributed by atoms with Crippen LogP contribution in [0.1, 0.15) is 12.5 Å². The highest BCUT2D eigenvalue weighted by Crippen LogP contribution is 2.17. The van der Waals surface area contributed by atoms with E-state index in [-0.39, 0.29) is 5.78 Å². The first-order valence-corrected chi connectivity index (χ1v) is 5.09. The summed E-state index contributed by atoms with van der Waals surface area (Å²) in [5.74, 6) is 0.177. The third-order valence-electron chi connectivity index (χ3n) is 2.30. The van der Waals surface area contributed by atoms with Crippen LogP contribution in [0.25, 0.3) is 11.1 Å². The molecule has 0 amide bonds. The molecule has 16 heavy (non-hydrogen) atoms. The van der Waals surface area contributed by atoms with Crippen molar-refractivity contribution < 1.29 is 4.79 Å². The highest BCUT2D eigenvalue weighted by Gasteiger charge is 2.00. The lowest BCUT2D eigenvalue weighted by Crippen LogP contribution is -1.95. The summed E-state index contributed by atoms with van der Waals surface area (Å²) < 4.78 is 0. The zero-order valence-electron chi connectivity index (χ0n) is 9.05. The fraction of sp³-hybridized carbons (Fsp3) is 0.154. The van der Waals surface area contributed by atoms with Crippen molar-refractivity contribution in [3.05, 3.63) is 48.5 Å². The second-order valence-electron chi connectivity index (χ2n) is 3.70. The van der Waals surface area contributed by atoms with Gasteiger partial charge in [-0.3, -0.25) is 4.79 Å². The second kappa shape index (κ2) is 4.66. The maximum absolute atomic E-state index is 10.9. The van der Waals surface area contributed by atoms with Crippen molar-refractivity contribution in [1.29, 1.82) is 0 Å². The number of nitrogens with zero attached hydrogens (tertiary/aromatic N) is 2. The Morgan fingerprint density at radius 1 is 1.06 bits per heavy atom. The molecule has 1 aromatic carbocycles. The van der Waals surface area contributed by atoms with Gasteiger partial charge in [0.05, 0.1) is 0 Å². The van der Waals surface area contributed by atoms with E-state index in [1.165, 1.54) is 6.33 Å². The van der Waals surface area contributed by atoms with Gasteiger partial charge in [0.2, 0.25) is 0 Å². The largest absolute Gasteiger partial charge is 0.300 e. The standard InChI is InChI=1S/C13H12N2O/c1-10(16)6-11-2-4-12(5-3-11)13-7-14-9-15-8-13/h2-5,7-9H,6H2,1H3. The Hall–Kier alpha value is -2.03. The SMILES string of the molecule is CC(=O)Cc1ccc(-c2cncnc2)cc1. The van der Waals surface area contributed by atoms with Crippen LogP contribution >= 0.6 is 0 Å². The highest BCUT2D eigenvalue weighted by molar-refractivity contribution is 5.78. The number of carbonyl (C=O) groups excluding carboxylic acids is 1. The summed E-state index contributed by atoms with van der Waals surface area (Å²) in [5.41, 5.74) is 3.08. The Morgan fingerprint density at radius 3 is 2.25 bits per heavy atom. The smallest absolute Gasteiger partial charge is 0.134 e. The van der Waals surface area contributed by atoms with E-state index in [4.69, 9.17) is 0 Å². The molecule has 2 rings (SSSR count).